The highest BCUT2D eigenvalue weighted by Crippen LogP contribution is 2.22. The normalized spacial score (nSPS) is 10.6. The van der Waals surface area contributed by atoms with Crippen LogP contribution in [0.4, 0.5) is 15.8 Å². The zero-order valence-corrected chi connectivity index (χ0v) is 11.7. The highest BCUT2D eigenvalue weighted by Gasteiger charge is 2.06. The van der Waals surface area contributed by atoms with E-state index in [1.165, 1.54) is 6.07 Å². The van der Waals surface area contributed by atoms with E-state index in [4.69, 9.17) is 5.73 Å². The van der Waals surface area contributed by atoms with Gasteiger partial charge < -0.3 is 16.4 Å². The smallest absolute Gasteiger partial charge is 0.221 e. The third-order valence-electron chi connectivity index (χ3n) is 2.71. The van der Waals surface area contributed by atoms with Crippen LogP contribution in [0.3, 0.4) is 0 Å². The molecule has 0 aromatic heterocycles. The van der Waals surface area contributed by atoms with E-state index in [0.717, 1.165) is 0 Å². The average Bonchev–Trinajstić information content (AvgIpc) is 2.33. The number of nitrogens with two attached hydrogens (primary N) is 1. The number of hydrogen-bond donors (Lipinski definition) is 3. The van der Waals surface area contributed by atoms with Gasteiger partial charge in [0.05, 0.1) is 11.4 Å². The van der Waals surface area contributed by atoms with E-state index >= 15 is 0 Å². The number of rotatable bonds is 6. The number of carbonyl (C=O) groups excluding carboxylic acids is 1. The van der Waals surface area contributed by atoms with Gasteiger partial charge in [-0.05, 0) is 30.5 Å². The zero-order chi connectivity index (χ0) is 14.4. The van der Waals surface area contributed by atoms with Crippen molar-refractivity contribution in [2.24, 2.45) is 5.92 Å². The third-order valence-corrected chi connectivity index (χ3v) is 2.71. The van der Waals surface area contributed by atoms with Crippen molar-refractivity contribution in [3.8, 4) is 0 Å². The molecule has 4 N–H and O–H groups in total. The van der Waals surface area contributed by atoms with Gasteiger partial charge in [-0.15, -0.1) is 0 Å². The number of halogens is 1. The van der Waals surface area contributed by atoms with Crippen LogP contribution in [-0.2, 0) is 4.79 Å². The van der Waals surface area contributed by atoms with Crippen LogP contribution >= 0.6 is 0 Å². The molecular formula is C14H22FN3O. The molecule has 0 aliphatic rings. The van der Waals surface area contributed by atoms with E-state index in [1.807, 2.05) is 13.8 Å². The van der Waals surface area contributed by atoms with Gasteiger partial charge in [-0.2, -0.15) is 0 Å². The fourth-order valence-corrected chi connectivity index (χ4v) is 1.57. The Hall–Kier alpha value is -1.78. The van der Waals surface area contributed by atoms with Gasteiger partial charge in [0.25, 0.3) is 0 Å². The quantitative estimate of drug-likeness (QED) is 0.693. The van der Waals surface area contributed by atoms with Crippen LogP contribution in [-0.4, -0.2) is 19.0 Å². The molecule has 0 saturated heterocycles. The molecule has 106 valence electrons. The van der Waals surface area contributed by atoms with Crippen LogP contribution in [0, 0.1) is 18.7 Å². The summed E-state index contributed by atoms with van der Waals surface area (Å²) in [6, 6.07) is 2.94. The van der Waals surface area contributed by atoms with Crippen LogP contribution in [0.15, 0.2) is 12.1 Å². The molecule has 0 heterocycles. The molecule has 5 heteroatoms. The largest absolute Gasteiger partial charge is 0.397 e. The molecule has 19 heavy (non-hydrogen) atoms. The molecule has 4 nitrogen and oxygen atoms in total. The number of benzene rings is 1. The maximum Gasteiger partial charge on any atom is 0.221 e. The second-order valence-electron chi connectivity index (χ2n) is 5.06. The van der Waals surface area contributed by atoms with Gasteiger partial charge in [-0.1, -0.05) is 13.8 Å². The third kappa shape index (κ3) is 5.16. The van der Waals surface area contributed by atoms with Crippen LogP contribution in [0.2, 0.25) is 0 Å². The minimum Gasteiger partial charge on any atom is -0.397 e. The lowest BCUT2D eigenvalue weighted by Gasteiger charge is -2.11. The molecule has 0 fully saturated rings. The summed E-state index contributed by atoms with van der Waals surface area (Å²) in [5.41, 5.74) is 7.25. The van der Waals surface area contributed by atoms with Crippen LogP contribution in [0.5, 0.6) is 0 Å². The van der Waals surface area contributed by atoms with Gasteiger partial charge >= 0.3 is 0 Å². The van der Waals surface area contributed by atoms with E-state index < -0.39 is 0 Å². The Kier molecular flexibility index (Phi) is 5.60. The second-order valence-corrected chi connectivity index (χ2v) is 5.06. The van der Waals surface area contributed by atoms with Crippen LogP contribution in [0.1, 0.15) is 25.8 Å². The van der Waals surface area contributed by atoms with Crippen molar-refractivity contribution in [1.82, 2.24) is 5.32 Å². The summed E-state index contributed by atoms with van der Waals surface area (Å²) in [5.74, 6) is 0.114. The minimum absolute atomic E-state index is 0.00129. The van der Waals surface area contributed by atoms with E-state index in [-0.39, 0.29) is 11.7 Å². The number of anilines is 2. The maximum atomic E-state index is 13.2. The Morgan fingerprint density at radius 2 is 2.11 bits per heavy atom. The molecule has 1 aromatic rings. The fourth-order valence-electron chi connectivity index (χ4n) is 1.57. The number of nitrogen functional groups attached to an aromatic ring is 1. The summed E-state index contributed by atoms with van der Waals surface area (Å²) in [6.45, 7) is 6.91. The van der Waals surface area contributed by atoms with Gasteiger partial charge in [-0.3, -0.25) is 4.79 Å². The lowest BCUT2D eigenvalue weighted by molar-refractivity contribution is -0.120. The minimum atomic E-state index is -0.322. The van der Waals surface area contributed by atoms with Crippen molar-refractivity contribution < 1.29 is 9.18 Å². The fraction of sp³-hybridized carbons (Fsp3) is 0.500. The highest BCUT2D eigenvalue weighted by atomic mass is 19.1. The standard InChI is InChI=1S/C14H22FN3O/c1-9(2)8-18-14(19)4-5-17-13-6-10(3)11(15)7-12(13)16/h6-7,9,17H,4-5,8,16H2,1-3H3,(H,18,19). The Bertz CT molecular complexity index is 447. The number of amides is 1. The molecule has 1 rings (SSSR count). The zero-order valence-electron chi connectivity index (χ0n) is 11.7. The first-order chi connectivity index (χ1) is 8.90. The topological polar surface area (TPSA) is 67.2 Å². The number of aryl methyl sites for hydroxylation is 1. The first kappa shape index (κ1) is 15.3. The van der Waals surface area contributed by atoms with Crippen molar-refractivity contribution >= 4 is 17.3 Å². The van der Waals surface area contributed by atoms with Crippen LogP contribution in [0.25, 0.3) is 0 Å². The summed E-state index contributed by atoms with van der Waals surface area (Å²) in [4.78, 5) is 11.5. The van der Waals surface area contributed by atoms with Gasteiger partial charge in [0.2, 0.25) is 5.91 Å². The van der Waals surface area contributed by atoms with Crippen molar-refractivity contribution in [2.45, 2.75) is 27.2 Å². The molecule has 0 aliphatic carbocycles. The Labute approximate surface area is 113 Å². The van der Waals surface area contributed by atoms with E-state index in [1.54, 1.807) is 13.0 Å². The van der Waals surface area contributed by atoms with Crippen molar-refractivity contribution in [3.05, 3.63) is 23.5 Å². The predicted octanol–water partition coefficient (Wildman–Crippen LogP) is 2.29. The average molecular weight is 267 g/mol. The Morgan fingerprint density at radius 3 is 2.74 bits per heavy atom. The summed E-state index contributed by atoms with van der Waals surface area (Å²) in [7, 11) is 0. The predicted molar refractivity (Wildman–Crippen MR) is 76.5 cm³/mol. The highest BCUT2D eigenvalue weighted by molar-refractivity contribution is 5.77. The first-order valence-electron chi connectivity index (χ1n) is 6.46. The van der Waals surface area contributed by atoms with E-state index in [0.29, 0.717) is 42.4 Å². The monoisotopic (exact) mass is 267 g/mol. The van der Waals surface area contributed by atoms with Gasteiger partial charge in [-0.25, -0.2) is 4.39 Å². The molecule has 0 radical (unpaired) electrons. The molecule has 1 aromatic carbocycles. The van der Waals surface area contributed by atoms with Crippen molar-refractivity contribution in [3.63, 3.8) is 0 Å². The molecule has 0 unspecified atom stereocenters. The summed E-state index contributed by atoms with van der Waals surface area (Å²) in [6.07, 6.45) is 0.364. The molecule has 0 bridgehead atoms. The molecular weight excluding hydrogens is 245 g/mol. The Morgan fingerprint density at radius 1 is 1.42 bits per heavy atom. The second kappa shape index (κ2) is 6.97. The lowest BCUT2D eigenvalue weighted by atomic mass is 10.1. The van der Waals surface area contributed by atoms with E-state index in [9.17, 15) is 9.18 Å². The first-order valence-corrected chi connectivity index (χ1v) is 6.46. The molecule has 0 atom stereocenters. The van der Waals surface area contributed by atoms with E-state index in [2.05, 4.69) is 10.6 Å². The van der Waals surface area contributed by atoms with Gasteiger partial charge in [0.15, 0.2) is 0 Å². The number of hydrogen-bond acceptors (Lipinski definition) is 3. The summed E-state index contributed by atoms with van der Waals surface area (Å²) < 4.78 is 13.2. The SMILES string of the molecule is Cc1cc(NCCC(=O)NCC(C)C)c(N)cc1F. The van der Waals surface area contributed by atoms with Gasteiger partial charge in [0, 0.05) is 19.5 Å². The number of nitrogens with one attached hydrogen (secondary N) is 2. The Balaban J connectivity index is 2.41. The van der Waals surface area contributed by atoms with Crippen molar-refractivity contribution in [1.29, 1.82) is 0 Å². The van der Waals surface area contributed by atoms with Crippen molar-refractivity contribution in [2.75, 3.05) is 24.1 Å². The molecule has 0 saturated carbocycles. The molecule has 1 amide bonds. The summed E-state index contributed by atoms with van der Waals surface area (Å²) >= 11 is 0. The molecule has 0 spiro atoms. The maximum absolute atomic E-state index is 13.2. The lowest BCUT2D eigenvalue weighted by Crippen LogP contribution is -2.28. The van der Waals surface area contributed by atoms with Crippen LogP contribution < -0.4 is 16.4 Å². The number of carbonyl (C=O) groups is 1. The summed E-state index contributed by atoms with van der Waals surface area (Å²) in [5, 5.41) is 5.88. The molecule has 0 aliphatic heterocycles. The van der Waals surface area contributed by atoms with Gasteiger partial charge in [0.1, 0.15) is 5.82 Å².